The van der Waals surface area contributed by atoms with Crippen molar-refractivity contribution in [3.63, 3.8) is 0 Å². The molecule has 1 aromatic rings. The van der Waals surface area contributed by atoms with E-state index in [1.807, 2.05) is 0 Å². The van der Waals surface area contributed by atoms with Crippen molar-refractivity contribution in [1.82, 2.24) is 9.80 Å². The van der Waals surface area contributed by atoms with Crippen molar-refractivity contribution in [2.24, 2.45) is 0 Å². The minimum absolute atomic E-state index is 0.0380. The van der Waals surface area contributed by atoms with Crippen molar-refractivity contribution in [2.45, 2.75) is 13.5 Å². The van der Waals surface area contributed by atoms with Gasteiger partial charge in [0, 0.05) is 26.2 Å². The Morgan fingerprint density at radius 3 is 2.48 bits per heavy atom. The van der Waals surface area contributed by atoms with Crippen LogP contribution in [0.4, 0.5) is 0 Å². The van der Waals surface area contributed by atoms with Gasteiger partial charge in [-0.3, -0.25) is 9.69 Å². The van der Waals surface area contributed by atoms with E-state index < -0.39 is 9.84 Å². The Balaban J connectivity index is 1.66. The van der Waals surface area contributed by atoms with Gasteiger partial charge in [0.25, 0.3) is 5.91 Å². The van der Waals surface area contributed by atoms with Crippen molar-refractivity contribution in [3.8, 4) is 0 Å². The molecule has 0 radical (unpaired) electrons. The Kier molecular flexibility index (Phi) is 4.74. The van der Waals surface area contributed by atoms with Crippen LogP contribution < -0.4 is 0 Å². The average molecular weight is 342 g/mol. The van der Waals surface area contributed by atoms with Crippen LogP contribution in [-0.2, 0) is 21.1 Å². The topological polar surface area (TPSA) is 80.1 Å². The van der Waals surface area contributed by atoms with Gasteiger partial charge in [0.1, 0.15) is 11.5 Å². The van der Waals surface area contributed by atoms with Crippen molar-refractivity contribution >= 4 is 15.7 Å². The van der Waals surface area contributed by atoms with Crippen molar-refractivity contribution in [3.05, 3.63) is 23.2 Å². The quantitative estimate of drug-likeness (QED) is 0.785. The number of hydrogen-bond donors (Lipinski definition) is 0. The third-order valence-corrected chi connectivity index (χ3v) is 5.92. The minimum atomic E-state index is -2.99. The Morgan fingerprint density at radius 2 is 1.83 bits per heavy atom. The number of aryl methyl sites for hydroxylation is 1. The van der Waals surface area contributed by atoms with E-state index in [1.54, 1.807) is 17.9 Å². The molecule has 2 aliphatic rings. The predicted octanol–water partition coefficient (Wildman–Crippen LogP) is 0.291. The molecule has 2 saturated heterocycles. The molecule has 0 atom stereocenters. The Bertz CT molecular complexity index is 662. The van der Waals surface area contributed by atoms with Crippen molar-refractivity contribution < 1.29 is 22.4 Å². The number of sulfone groups is 1. The molecule has 1 amide bonds. The van der Waals surface area contributed by atoms with E-state index in [2.05, 4.69) is 4.90 Å². The summed E-state index contributed by atoms with van der Waals surface area (Å²) in [5, 5.41) is 0. The standard InChI is InChI=1S/C15H22N2O5S/c1-12-14(15(18)17-4-8-23(19,20)9-5-17)10-13(22-12)11-16-2-6-21-7-3-16/h10H,2-9,11H2,1H3. The second-order valence-corrected chi connectivity index (χ2v) is 8.32. The molecule has 0 aromatic carbocycles. The number of furan rings is 1. The number of nitrogens with zero attached hydrogens (tertiary/aromatic N) is 2. The molecule has 0 bridgehead atoms. The molecule has 3 rings (SSSR count). The van der Waals surface area contributed by atoms with E-state index in [1.165, 1.54) is 0 Å². The first-order valence-electron chi connectivity index (χ1n) is 7.84. The van der Waals surface area contributed by atoms with Gasteiger partial charge in [0.2, 0.25) is 0 Å². The number of rotatable bonds is 3. The number of carbonyl (C=O) groups is 1. The first-order valence-corrected chi connectivity index (χ1v) is 9.66. The van der Waals surface area contributed by atoms with E-state index >= 15 is 0 Å². The third-order valence-electron chi connectivity index (χ3n) is 4.31. The largest absolute Gasteiger partial charge is 0.464 e. The van der Waals surface area contributed by atoms with Crippen LogP contribution in [-0.4, -0.2) is 75.0 Å². The summed E-state index contributed by atoms with van der Waals surface area (Å²) in [6.07, 6.45) is 0. The van der Waals surface area contributed by atoms with Crippen LogP contribution in [0, 0.1) is 6.92 Å². The van der Waals surface area contributed by atoms with Crippen LogP contribution >= 0.6 is 0 Å². The highest BCUT2D eigenvalue weighted by atomic mass is 32.2. The average Bonchev–Trinajstić information content (AvgIpc) is 2.88. The fraction of sp³-hybridized carbons (Fsp3) is 0.667. The summed E-state index contributed by atoms with van der Waals surface area (Å²) in [6.45, 7) is 6.08. The number of ether oxygens (including phenoxy) is 1. The van der Waals surface area contributed by atoms with Gasteiger partial charge in [-0.05, 0) is 13.0 Å². The molecule has 2 aliphatic heterocycles. The van der Waals surface area contributed by atoms with Gasteiger partial charge in [-0.15, -0.1) is 0 Å². The van der Waals surface area contributed by atoms with Gasteiger partial charge in [-0.25, -0.2) is 8.42 Å². The van der Waals surface area contributed by atoms with E-state index in [0.29, 0.717) is 31.1 Å². The van der Waals surface area contributed by atoms with Gasteiger partial charge in [0.15, 0.2) is 9.84 Å². The minimum Gasteiger partial charge on any atom is -0.464 e. The zero-order valence-corrected chi connectivity index (χ0v) is 14.1. The van der Waals surface area contributed by atoms with Crippen LogP contribution in [0.5, 0.6) is 0 Å². The van der Waals surface area contributed by atoms with E-state index in [-0.39, 0.29) is 30.5 Å². The van der Waals surface area contributed by atoms with Crippen LogP contribution in [0.1, 0.15) is 21.9 Å². The molecule has 2 fully saturated rings. The second-order valence-electron chi connectivity index (χ2n) is 6.02. The highest BCUT2D eigenvalue weighted by Gasteiger charge is 2.28. The number of hydrogen-bond acceptors (Lipinski definition) is 6. The summed E-state index contributed by atoms with van der Waals surface area (Å²) in [6, 6.07) is 1.79. The molecule has 0 aliphatic carbocycles. The van der Waals surface area contributed by atoms with Gasteiger partial charge in [-0.2, -0.15) is 0 Å². The Hall–Kier alpha value is -1.38. The number of carbonyl (C=O) groups excluding carboxylic acids is 1. The molecule has 0 spiro atoms. The lowest BCUT2D eigenvalue weighted by Crippen LogP contribution is -2.43. The number of amides is 1. The van der Waals surface area contributed by atoms with E-state index in [0.717, 1.165) is 18.8 Å². The molecule has 3 heterocycles. The SMILES string of the molecule is Cc1oc(CN2CCOCC2)cc1C(=O)N1CCS(=O)(=O)CC1. The van der Waals surface area contributed by atoms with Gasteiger partial charge >= 0.3 is 0 Å². The summed E-state index contributed by atoms with van der Waals surface area (Å²) in [5.74, 6) is 1.28. The molecule has 0 unspecified atom stereocenters. The fourth-order valence-electron chi connectivity index (χ4n) is 2.90. The lowest BCUT2D eigenvalue weighted by molar-refractivity contribution is 0.0312. The van der Waals surface area contributed by atoms with Crippen molar-refractivity contribution in [2.75, 3.05) is 50.9 Å². The normalized spacial score (nSPS) is 22.2. The van der Waals surface area contributed by atoms with Crippen LogP contribution in [0.3, 0.4) is 0 Å². The van der Waals surface area contributed by atoms with Gasteiger partial charge in [0.05, 0.1) is 36.8 Å². The molecule has 23 heavy (non-hydrogen) atoms. The van der Waals surface area contributed by atoms with E-state index in [4.69, 9.17) is 9.15 Å². The van der Waals surface area contributed by atoms with Crippen LogP contribution in [0.25, 0.3) is 0 Å². The summed E-state index contributed by atoms with van der Waals surface area (Å²) < 4.78 is 34.0. The molecule has 1 aromatic heterocycles. The van der Waals surface area contributed by atoms with E-state index in [9.17, 15) is 13.2 Å². The first kappa shape index (κ1) is 16.5. The second kappa shape index (κ2) is 6.62. The molecule has 128 valence electrons. The Labute approximate surface area is 136 Å². The van der Waals surface area contributed by atoms with Gasteiger partial charge in [-0.1, -0.05) is 0 Å². The highest BCUT2D eigenvalue weighted by Crippen LogP contribution is 2.20. The maximum Gasteiger partial charge on any atom is 0.257 e. The predicted molar refractivity (Wildman–Crippen MR) is 84.1 cm³/mol. The molecule has 0 N–H and O–H groups in total. The zero-order valence-electron chi connectivity index (χ0n) is 13.3. The highest BCUT2D eigenvalue weighted by molar-refractivity contribution is 7.91. The lowest BCUT2D eigenvalue weighted by Gasteiger charge is -2.26. The first-order chi connectivity index (χ1) is 10.9. The zero-order chi connectivity index (χ0) is 16.4. The monoisotopic (exact) mass is 342 g/mol. The summed E-state index contributed by atoms with van der Waals surface area (Å²) in [5.41, 5.74) is 0.535. The molecule has 7 nitrogen and oxygen atoms in total. The maximum atomic E-state index is 12.6. The summed E-state index contributed by atoms with van der Waals surface area (Å²) in [7, 11) is -2.99. The Morgan fingerprint density at radius 1 is 1.17 bits per heavy atom. The smallest absolute Gasteiger partial charge is 0.257 e. The molecule has 0 saturated carbocycles. The van der Waals surface area contributed by atoms with Crippen molar-refractivity contribution in [1.29, 1.82) is 0 Å². The fourth-order valence-corrected chi connectivity index (χ4v) is 4.10. The third kappa shape index (κ3) is 3.94. The van der Waals surface area contributed by atoms with Crippen LogP contribution in [0.15, 0.2) is 10.5 Å². The molecular weight excluding hydrogens is 320 g/mol. The maximum absolute atomic E-state index is 12.6. The summed E-state index contributed by atoms with van der Waals surface area (Å²) >= 11 is 0. The molecule has 8 heteroatoms. The van der Waals surface area contributed by atoms with Gasteiger partial charge < -0.3 is 14.1 Å². The van der Waals surface area contributed by atoms with Crippen LogP contribution in [0.2, 0.25) is 0 Å². The lowest BCUT2D eigenvalue weighted by atomic mass is 10.2. The number of morpholine rings is 1. The summed E-state index contributed by atoms with van der Waals surface area (Å²) in [4.78, 5) is 16.4. The molecular formula is C15H22N2O5S.